The average molecular weight is 516 g/mol. The minimum Gasteiger partial charge on any atom is -0.455 e. The number of aryl methyl sites for hydroxylation is 2. The van der Waals surface area contributed by atoms with Crippen LogP contribution in [-0.4, -0.2) is 4.98 Å². The summed E-state index contributed by atoms with van der Waals surface area (Å²) in [5.74, 6) is 1.63. The molecule has 2 aromatic heterocycles. The second-order valence-electron chi connectivity index (χ2n) is 13.0. The van der Waals surface area contributed by atoms with E-state index in [1.165, 1.54) is 49.7 Å². The average Bonchev–Trinajstić information content (AvgIpc) is 3.35. The number of hydrogen-bond acceptors (Lipinski definition) is 2. The molecule has 1 aliphatic rings. The Balaban J connectivity index is 1.63. The summed E-state index contributed by atoms with van der Waals surface area (Å²) in [6, 6.07) is 20.6. The Labute approximate surface area is 233 Å². The zero-order valence-corrected chi connectivity index (χ0v) is 24.8. The van der Waals surface area contributed by atoms with Crippen molar-refractivity contribution in [2.45, 2.75) is 79.6 Å². The lowest BCUT2D eigenvalue weighted by Crippen LogP contribution is -2.29. The minimum absolute atomic E-state index is 0.00547. The van der Waals surface area contributed by atoms with Crippen molar-refractivity contribution in [3.8, 4) is 22.4 Å². The van der Waals surface area contributed by atoms with Gasteiger partial charge in [-0.3, -0.25) is 4.98 Å². The number of aromatic nitrogens is 1. The maximum absolute atomic E-state index is 6.82. The van der Waals surface area contributed by atoms with Crippen LogP contribution in [0.3, 0.4) is 0 Å². The van der Waals surface area contributed by atoms with Crippen LogP contribution in [-0.2, 0) is 5.41 Å². The number of hydrogen-bond donors (Lipinski definition) is 0. The van der Waals surface area contributed by atoms with Gasteiger partial charge in [0.25, 0.3) is 0 Å². The summed E-state index contributed by atoms with van der Waals surface area (Å²) < 4.78 is 6.82. The quantitative estimate of drug-likeness (QED) is 0.225. The van der Waals surface area contributed by atoms with Gasteiger partial charge in [-0.05, 0) is 102 Å². The van der Waals surface area contributed by atoms with Crippen molar-refractivity contribution >= 4 is 21.9 Å². The van der Waals surface area contributed by atoms with Crippen LogP contribution < -0.4 is 0 Å². The summed E-state index contributed by atoms with van der Waals surface area (Å²) in [6.07, 6.45) is 4.32. The van der Waals surface area contributed by atoms with Crippen molar-refractivity contribution in [2.75, 3.05) is 0 Å². The molecule has 0 radical (unpaired) electrons. The number of benzene rings is 3. The maximum atomic E-state index is 6.82. The maximum Gasteiger partial charge on any atom is 0.145 e. The first-order valence-corrected chi connectivity index (χ1v) is 14.7. The Kier molecular flexibility index (Phi) is 6.21. The normalized spacial score (nSPS) is 14.2. The van der Waals surface area contributed by atoms with Crippen molar-refractivity contribution in [3.05, 3.63) is 88.6 Å². The molecule has 2 heterocycles. The van der Waals surface area contributed by atoms with Gasteiger partial charge in [0.1, 0.15) is 11.2 Å². The molecule has 2 heteroatoms. The Morgan fingerprint density at radius 3 is 2.13 bits per heavy atom. The first-order valence-electron chi connectivity index (χ1n) is 14.7. The van der Waals surface area contributed by atoms with Gasteiger partial charge in [0.05, 0.1) is 5.69 Å². The highest BCUT2D eigenvalue weighted by Crippen LogP contribution is 2.56. The second kappa shape index (κ2) is 9.37. The number of pyridine rings is 1. The predicted molar refractivity (Wildman–Crippen MR) is 166 cm³/mol. The van der Waals surface area contributed by atoms with E-state index in [4.69, 9.17) is 9.40 Å². The minimum atomic E-state index is 0.00547. The van der Waals surface area contributed by atoms with Gasteiger partial charge in [-0.2, -0.15) is 0 Å². The SMILES string of the molecule is Cc1cc(-c2c(C)ccc3c2oc2cc4c(cc23)-c2ccccc2C4(CC(C)C)CC(C)C)ncc1C(C)C. The molecule has 0 saturated heterocycles. The molecule has 2 nitrogen and oxygen atoms in total. The van der Waals surface area contributed by atoms with Crippen LogP contribution in [0.2, 0.25) is 0 Å². The second-order valence-corrected chi connectivity index (χ2v) is 13.0. The van der Waals surface area contributed by atoms with Gasteiger partial charge in [0.2, 0.25) is 0 Å². The van der Waals surface area contributed by atoms with E-state index in [2.05, 4.69) is 110 Å². The zero-order valence-electron chi connectivity index (χ0n) is 24.8. The molecule has 0 aliphatic heterocycles. The molecule has 0 unspecified atom stereocenters. The van der Waals surface area contributed by atoms with Gasteiger partial charge in [-0.25, -0.2) is 0 Å². The molecule has 3 aromatic carbocycles. The van der Waals surface area contributed by atoms with Crippen LogP contribution in [0.25, 0.3) is 44.3 Å². The van der Waals surface area contributed by atoms with Crippen LogP contribution in [0.15, 0.2) is 65.2 Å². The van der Waals surface area contributed by atoms with E-state index < -0.39 is 0 Å². The van der Waals surface area contributed by atoms with Crippen LogP contribution in [0.5, 0.6) is 0 Å². The summed E-state index contributed by atoms with van der Waals surface area (Å²) in [7, 11) is 0. The smallest absolute Gasteiger partial charge is 0.145 e. The van der Waals surface area contributed by atoms with Gasteiger partial charge in [0, 0.05) is 27.9 Å². The zero-order chi connectivity index (χ0) is 27.6. The van der Waals surface area contributed by atoms with Crippen LogP contribution in [0.1, 0.15) is 88.1 Å². The molecular weight excluding hydrogens is 474 g/mol. The first kappa shape index (κ1) is 25.9. The van der Waals surface area contributed by atoms with Crippen LogP contribution in [0.4, 0.5) is 0 Å². The topological polar surface area (TPSA) is 26.0 Å². The van der Waals surface area contributed by atoms with E-state index in [1.807, 2.05) is 6.20 Å². The fourth-order valence-electron chi connectivity index (χ4n) is 7.43. The Bertz CT molecular complexity index is 1710. The van der Waals surface area contributed by atoms with Crippen molar-refractivity contribution in [1.29, 1.82) is 0 Å². The van der Waals surface area contributed by atoms with Crippen LogP contribution in [0, 0.1) is 25.7 Å². The highest BCUT2D eigenvalue weighted by molar-refractivity contribution is 6.12. The predicted octanol–water partition coefficient (Wildman–Crippen LogP) is 10.7. The lowest BCUT2D eigenvalue weighted by Gasteiger charge is -2.35. The van der Waals surface area contributed by atoms with E-state index in [0.29, 0.717) is 17.8 Å². The van der Waals surface area contributed by atoms with Crippen molar-refractivity contribution in [1.82, 2.24) is 4.98 Å². The molecule has 0 bridgehead atoms. The molecule has 0 atom stereocenters. The standard InChI is InChI=1S/C37H41NO/c1-21(2)18-37(19-22(3)4)31-12-10-9-11-26(31)28-16-29-27-14-13-24(7)35(36(27)39-34(29)17-32(28)37)33-15-25(8)30(20-38-33)23(5)6/h9-17,20-23H,18-19H2,1-8H3. The highest BCUT2D eigenvalue weighted by Gasteiger charge is 2.44. The molecule has 200 valence electrons. The van der Waals surface area contributed by atoms with Crippen molar-refractivity contribution < 1.29 is 4.42 Å². The summed E-state index contributed by atoms with van der Waals surface area (Å²) in [6.45, 7) is 18.2. The van der Waals surface area contributed by atoms with E-state index in [0.717, 1.165) is 35.3 Å². The summed E-state index contributed by atoms with van der Waals surface area (Å²) in [4.78, 5) is 4.93. The van der Waals surface area contributed by atoms with Gasteiger partial charge < -0.3 is 4.42 Å². The third kappa shape index (κ3) is 4.03. The van der Waals surface area contributed by atoms with Crippen molar-refractivity contribution in [3.63, 3.8) is 0 Å². The molecule has 5 aromatic rings. The van der Waals surface area contributed by atoms with E-state index in [9.17, 15) is 0 Å². The number of furan rings is 1. The molecule has 0 amide bonds. The summed E-state index contributed by atoms with van der Waals surface area (Å²) >= 11 is 0. The monoisotopic (exact) mass is 515 g/mol. The lowest BCUT2D eigenvalue weighted by molar-refractivity contribution is 0.337. The van der Waals surface area contributed by atoms with Gasteiger partial charge in [-0.15, -0.1) is 0 Å². The van der Waals surface area contributed by atoms with E-state index in [-0.39, 0.29) is 5.41 Å². The van der Waals surface area contributed by atoms with E-state index >= 15 is 0 Å². The number of nitrogens with zero attached hydrogens (tertiary/aromatic N) is 1. The summed E-state index contributed by atoms with van der Waals surface area (Å²) in [5, 5.41) is 2.36. The first-order chi connectivity index (χ1) is 18.6. The highest BCUT2D eigenvalue weighted by atomic mass is 16.3. The molecule has 39 heavy (non-hydrogen) atoms. The number of fused-ring (bicyclic) bond motifs is 6. The molecule has 0 saturated carbocycles. The molecule has 0 spiro atoms. The van der Waals surface area contributed by atoms with Crippen LogP contribution >= 0.6 is 0 Å². The Hall–Kier alpha value is -3.39. The third-order valence-corrected chi connectivity index (χ3v) is 8.78. The molecule has 6 rings (SSSR count). The lowest BCUT2D eigenvalue weighted by atomic mass is 9.68. The van der Waals surface area contributed by atoms with Crippen molar-refractivity contribution in [2.24, 2.45) is 11.8 Å². The molecule has 0 fully saturated rings. The molecule has 1 aliphatic carbocycles. The van der Waals surface area contributed by atoms with E-state index in [1.54, 1.807) is 0 Å². The third-order valence-electron chi connectivity index (χ3n) is 8.78. The van der Waals surface area contributed by atoms with Gasteiger partial charge in [-0.1, -0.05) is 77.9 Å². The van der Waals surface area contributed by atoms with Gasteiger partial charge >= 0.3 is 0 Å². The number of rotatable bonds is 6. The Morgan fingerprint density at radius 1 is 0.744 bits per heavy atom. The Morgan fingerprint density at radius 2 is 1.46 bits per heavy atom. The largest absolute Gasteiger partial charge is 0.455 e. The fraction of sp³-hybridized carbons (Fsp3) is 0.378. The fourth-order valence-corrected chi connectivity index (χ4v) is 7.43. The molecular formula is C37H41NO. The molecule has 0 N–H and O–H groups in total. The van der Waals surface area contributed by atoms with Gasteiger partial charge in [0.15, 0.2) is 0 Å². The summed E-state index contributed by atoms with van der Waals surface area (Å²) in [5.41, 5.74) is 13.5.